The van der Waals surface area contributed by atoms with Gasteiger partial charge < -0.3 is 9.47 Å². The molecule has 2 unspecified atom stereocenters. The van der Waals surface area contributed by atoms with Crippen molar-refractivity contribution < 1.29 is 9.47 Å². The first-order valence-corrected chi connectivity index (χ1v) is 9.34. The molecule has 2 atom stereocenters. The summed E-state index contributed by atoms with van der Waals surface area (Å²) in [6.45, 7) is 11.0. The minimum absolute atomic E-state index is 0.425. The second-order valence-electron chi connectivity index (χ2n) is 6.92. The Bertz CT molecular complexity index is 490. The number of hydrogen-bond acceptors (Lipinski definition) is 3. The van der Waals surface area contributed by atoms with Crippen LogP contribution in [0.5, 0.6) is 0 Å². The van der Waals surface area contributed by atoms with Gasteiger partial charge in [0.05, 0.1) is 0 Å². The zero-order valence-electron chi connectivity index (χ0n) is 15.8. The van der Waals surface area contributed by atoms with Crippen molar-refractivity contribution in [1.82, 2.24) is 4.90 Å². The zero-order chi connectivity index (χ0) is 17.5. The normalized spacial score (nSPS) is 27.0. The maximum Gasteiger partial charge on any atom is 0.140 e. The molecule has 0 saturated carbocycles. The maximum atomic E-state index is 6.28. The van der Waals surface area contributed by atoms with Gasteiger partial charge in [-0.05, 0) is 44.4 Å². The molecule has 0 fully saturated rings. The summed E-state index contributed by atoms with van der Waals surface area (Å²) < 4.78 is 12.6. The highest BCUT2D eigenvalue weighted by Crippen LogP contribution is 2.38. The second-order valence-corrected chi connectivity index (χ2v) is 6.92. The lowest BCUT2D eigenvalue weighted by Gasteiger charge is -2.43. The molecular weight excluding hydrogens is 298 g/mol. The van der Waals surface area contributed by atoms with Crippen LogP contribution in [0.4, 0.5) is 0 Å². The Balaban J connectivity index is 2.16. The molecule has 1 aromatic carbocycles. The monoisotopic (exact) mass is 331 g/mol. The van der Waals surface area contributed by atoms with Crippen molar-refractivity contribution in [3.8, 4) is 0 Å². The lowest BCUT2D eigenvalue weighted by Crippen LogP contribution is -2.54. The van der Waals surface area contributed by atoms with E-state index >= 15 is 0 Å². The van der Waals surface area contributed by atoms with Gasteiger partial charge in [-0.25, -0.2) is 4.90 Å². The van der Waals surface area contributed by atoms with Gasteiger partial charge in [0.1, 0.15) is 11.4 Å². The van der Waals surface area contributed by atoms with Crippen molar-refractivity contribution in [3.63, 3.8) is 0 Å². The Morgan fingerprint density at radius 1 is 0.833 bits per heavy atom. The van der Waals surface area contributed by atoms with Gasteiger partial charge in [0.2, 0.25) is 0 Å². The van der Waals surface area contributed by atoms with E-state index in [4.69, 9.17) is 9.47 Å². The third kappa shape index (κ3) is 4.69. The quantitative estimate of drug-likeness (QED) is 0.438. The van der Waals surface area contributed by atoms with Crippen LogP contribution in [0.1, 0.15) is 58.9 Å². The Hall–Kier alpha value is -1.16. The first-order valence-electron chi connectivity index (χ1n) is 9.34. The highest BCUT2D eigenvalue weighted by atomic mass is 16.5. The summed E-state index contributed by atoms with van der Waals surface area (Å²) in [6.07, 6.45) is 8.77. The fraction of sp³-hybridized carbons (Fsp3) is 0.619. The van der Waals surface area contributed by atoms with Crippen molar-refractivity contribution in [2.45, 2.75) is 71.4 Å². The molecule has 1 aliphatic heterocycles. The maximum absolute atomic E-state index is 6.28. The molecule has 0 spiro atoms. The third-order valence-electron chi connectivity index (χ3n) is 4.74. The van der Waals surface area contributed by atoms with E-state index in [2.05, 4.69) is 75.1 Å². The summed E-state index contributed by atoms with van der Waals surface area (Å²) >= 11 is 0. The standard InChI is InChI=1S/C21H33NO2/c1-5-7-16-23-20(3)14-15-21(4,24-17-8-6-2)22(20)18-19-12-10-9-11-13-19/h9-15H,5-8,16-18H2,1-4H3. The van der Waals surface area contributed by atoms with Crippen molar-refractivity contribution in [2.75, 3.05) is 13.2 Å². The van der Waals surface area contributed by atoms with E-state index in [0.717, 1.165) is 45.4 Å². The number of benzene rings is 1. The van der Waals surface area contributed by atoms with Gasteiger partial charge in [-0.1, -0.05) is 57.0 Å². The molecule has 3 nitrogen and oxygen atoms in total. The summed E-state index contributed by atoms with van der Waals surface area (Å²) in [5.74, 6) is 0. The van der Waals surface area contributed by atoms with Crippen molar-refractivity contribution >= 4 is 0 Å². The van der Waals surface area contributed by atoms with Crippen LogP contribution in [0, 0.1) is 0 Å². The summed E-state index contributed by atoms with van der Waals surface area (Å²) in [7, 11) is 0. The van der Waals surface area contributed by atoms with Gasteiger partial charge in [0, 0.05) is 19.8 Å². The SMILES string of the molecule is CCCCOC1(C)C=CC(C)(OCCCC)N1Cc1ccccc1. The number of nitrogens with zero attached hydrogens (tertiary/aromatic N) is 1. The van der Waals surface area contributed by atoms with E-state index in [1.807, 2.05) is 0 Å². The van der Waals surface area contributed by atoms with Crippen LogP contribution < -0.4 is 0 Å². The van der Waals surface area contributed by atoms with Crippen LogP contribution in [0.15, 0.2) is 42.5 Å². The Labute approximate surface area is 147 Å². The van der Waals surface area contributed by atoms with Crippen molar-refractivity contribution in [3.05, 3.63) is 48.0 Å². The van der Waals surface area contributed by atoms with E-state index in [-0.39, 0.29) is 0 Å². The highest BCUT2D eigenvalue weighted by Gasteiger charge is 2.47. The predicted octanol–water partition coefficient (Wildman–Crippen LogP) is 5.12. The van der Waals surface area contributed by atoms with Gasteiger partial charge >= 0.3 is 0 Å². The molecule has 0 bridgehead atoms. The van der Waals surface area contributed by atoms with Crippen LogP contribution in [0.3, 0.4) is 0 Å². The lowest BCUT2D eigenvalue weighted by atomic mass is 10.1. The van der Waals surface area contributed by atoms with Crippen LogP contribution in [-0.4, -0.2) is 29.6 Å². The van der Waals surface area contributed by atoms with E-state index in [9.17, 15) is 0 Å². The fourth-order valence-electron chi connectivity index (χ4n) is 3.11. The molecule has 0 aliphatic carbocycles. The molecule has 24 heavy (non-hydrogen) atoms. The molecule has 0 amide bonds. The van der Waals surface area contributed by atoms with Crippen LogP contribution in [-0.2, 0) is 16.0 Å². The lowest BCUT2D eigenvalue weighted by molar-refractivity contribution is -0.206. The molecule has 0 saturated heterocycles. The molecular formula is C21H33NO2. The smallest absolute Gasteiger partial charge is 0.140 e. The van der Waals surface area contributed by atoms with E-state index in [0.29, 0.717) is 0 Å². The third-order valence-corrected chi connectivity index (χ3v) is 4.74. The van der Waals surface area contributed by atoms with Gasteiger partial charge in [-0.15, -0.1) is 0 Å². The van der Waals surface area contributed by atoms with Gasteiger partial charge in [-0.2, -0.15) is 0 Å². The number of hydrogen-bond donors (Lipinski definition) is 0. The van der Waals surface area contributed by atoms with Crippen molar-refractivity contribution in [2.24, 2.45) is 0 Å². The molecule has 0 aromatic heterocycles. The van der Waals surface area contributed by atoms with E-state index in [1.54, 1.807) is 0 Å². The Morgan fingerprint density at radius 3 is 1.79 bits per heavy atom. The zero-order valence-corrected chi connectivity index (χ0v) is 15.8. The molecule has 1 heterocycles. The van der Waals surface area contributed by atoms with Crippen LogP contribution in [0.2, 0.25) is 0 Å². The van der Waals surface area contributed by atoms with E-state index < -0.39 is 11.4 Å². The Morgan fingerprint density at radius 2 is 1.33 bits per heavy atom. The minimum Gasteiger partial charge on any atom is -0.357 e. The van der Waals surface area contributed by atoms with Gasteiger partial charge in [0.25, 0.3) is 0 Å². The topological polar surface area (TPSA) is 21.7 Å². The highest BCUT2D eigenvalue weighted by molar-refractivity contribution is 5.21. The Kier molecular flexibility index (Phi) is 7.02. The number of ether oxygens (including phenoxy) is 2. The number of rotatable bonds is 10. The summed E-state index contributed by atoms with van der Waals surface area (Å²) in [5.41, 5.74) is 0.426. The minimum atomic E-state index is -0.425. The first kappa shape index (κ1) is 19.2. The summed E-state index contributed by atoms with van der Waals surface area (Å²) in [4.78, 5) is 2.33. The van der Waals surface area contributed by atoms with Crippen molar-refractivity contribution in [1.29, 1.82) is 0 Å². The predicted molar refractivity (Wildman–Crippen MR) is 99.7 cm³/mol. The van der Waals surface area contributed by atoms with Gasteiger partial charge in [-0.3, -0.25) is 0 Å². The largest absolute Gasteiger partial charge is 0.357 e. The molecule has 1 aliphatic rings. The molecule has 3 heteroatoms. The molecule has 0 radical (unpaired) electrons. The summed E-state index contributed by atoms with van der Waals surface area (Å²) in [5, 5.41) is 0. The molecule has 1 aromatic rings. The molecule has 134 valence electrons. The van der Waals surface area contributed by atoms with Gasteiger partial charge in [0.15, 0.2) is 0 Å². The van der Waals surface area contributed by atoms with Crippen LogP contribution >= 0.6 is 0 Å². The number of unbranched alkanes of at least 4 members (excludes halogenated alkanes) is 2. The molecule has 2 rings (SSSR count). The average Bonchev–Trinajstić information content (AvgIpc) is 2.82. The van der Waals surface area contributed by atoms with E-state index in [1.165, 1.54) is 5.56 Å². The fourth-order valence-corrected chi connectivity index (χ4v) is 3.11. The average molecular weight is 331 g/mol. The summed E-state index contributed by atoms with van der Waals surface area (Å²) in [6, 6.07) is 10.6. The second kappa shape index (κ2) is 8.80. The molecule has 0 N–H and O–H groups in total. The first-order chi connectivity index (χ1) is 11.5. The van der Waals surface area contributed by atoms with Crippen LogP contribution in [0.25, 0.3) is 0 Å².